The van der Waals surface area contributed by atoms with Gasteiger partial charge in [0.05, 0.1) is 31.9 Å². The number of anilines is 1. The molecule has 5 nitrogen and oxygen atoms in total. The number of carbonyl (C=O) groups excluding carboxylic acids is 1. The Morgan fingerprint density at radius 1 is 1.41 bits per heavy atom. The van der Waals surface area contributed by atoms with Gasteiger partial charge in [0.15, 0.2) is 5.13 Å². The summed E-state index contributed by atoms with van der Waals surface area (Å²) < 4.78 is 0.821. The lowest BCUT2D eigenvalue weighted by atomic mass is 10.2. The first-order chi connectivity index (χ1) is 10.5. The van der Waals surface area contributed by atoms with Crippen LogP contribution in [0.3, 0.4) is 0 Å². The normalized spacial score (nSPS) is 10.6. The highest BCUT2D eigenvalue weighted by Crippen LogP contribution is 2.31. The fraction of sp³-hybridized carbons (Fsp3) is 0.0714. The third-order valence-corrected chi connectivity index (χ3v) is 4.90. The van der Waals surface area contributed by atoms with Gasteiger partial charge in [-0.15, -0.1) is 0 Å². The number of H-pyrrole nitrogens is 1. The minimum absolute atomic E-state index is 0.185. The predicted octanol–water partition coefficient (Wildman–Crippen LogP) is 4.36. The van der Waals surface area contributed by atoms with Gasteiger partial charge >= 0.3 is 0 Å². The van der Waals surface area contributed by atoms with Gasteiger partial charge in [-0.3, -0.25) is 10.1 Å². The zero-order chi connectivity index (χ0) is 15.9. The summed E-state index contributed by atoms with van der Waals surface area (Å²) in [6.45, 7) is 1.73. The van der Waals surface area contributed by atoms with Crippen LogP contribution in [0.4, 0.5) is 5.13 Å². The SMILES string of the molecule is Cc1[nH]c(C(=O)Nc2nc3ccc(C#N)cc3s2)c(Cl)c1Cl. The first-order valence-corrected chi connectivity index (χ1v) is 7.72. The summed E-state index contributed by atoms with van der Waals surface area (Å²) in [4.78, 5) is 19.4. The Morgan fingerprint density at radius 3 is 2.82 bits per heavy atom. The number of carbonyl (C=O) groups is 1. The van der Waals surface area contributed by atoms with Crippen LogP contribution in [0.1, 0.15) is 21.7 Å². The van der Waals surface area contributed by atoms with Crippen molar-refractivity contribution < 1.29 is 4.79 Å². The zero-order valence-corrected chi connectivity index (χ0v) is 13.5. The minimum Gasteiger partial charge on any atom is -0.352 e. The number of fused-ring (bicyclic) bond motifs is 1. The van der Waals surface area contributed by atoms with Crippen molar-refractivity contribution in [3.63, 3.8) is 0 Å². The van der Waals surface area contributed by atoms with E-state index in [2.05, 4.69) is 21.4 Å². The van der Waals surface area contributed by atoms with Crippen LogP contribution in [0.5, 0.6) is 0 Å². The Morgan fingerprint density at radius 2 is 2.18 bits per heavy atom. The van der Waals surface area contributed by atoms with Gasteiger partial charge in [0, 0.05) is 5.69 Å². The zero-order valence-electron chi connectivity index (χ0n) is 11.2. The van der Waals surface area contributed by atoms with Crippen LogP contribution in [-0.4, -0.2) is 15.9 Å². The van der Waals surface area contributed by atoms with E-state index in [1.54, 1.807) is 25.1 Å². The van der Waals surface area contributed by atoms with E-state index >= 15 is 0 Å². The number of amides is 1. The largest absolute Gasteiger partial charge is 0.352 e. The molecular weight excluding hydrogens is 343 g/mol. The molecule has 0 radical (unpaired) electrons. The number of benzene rings is 1. The lowest BCUT2D eigenvalue weighted by Gasteiger charge is -1.99. The molecule has 8 heteroatoms. The molecule has 2 N–H and O–H groups in total. The van der Waals surface area contributed by atoms with Gasteiger partial charge in [0.25, 0.3) is 5.91 Å². The Bertz CT molecular complexity index is 938. The van der Waals surface area contributed by atoms with E-state index in [1.165, 1.54) is 11.3 Å². The number of nitriles is 1. The molecule has 110 valence electrons. The Labute approximate surface area is 139 Å². The number of hydrogen-bond donors (Lipinski definition) is 2. The van der Waals surface area contributed by atoms with Crippen molar-refractivity contribution in [2.75, 3.05) is 5.32 Å². The second kappa shape index (κ2) is 5.61. The van der Waals surface area contributed by atoms with Crippen molar-refractivity contribution in [1.82, 2.24) is 9.97 Å². The third-order valence-electron chi connectivity index (χ3n) is 3.02. The number of halogens is 2. The lowest BCUT2D eigenvalue weighted by Crippen LogP contribution is -2.12. The van der Waals surface area contributed by atoms with Crippen molar-refractivity contribution in [1.29, 1.82) is 5.26 Å². The van der Waals surface area contributed by atoms with E-state index in [4.69, 9.17) is 28.5 Å². The molecule has 1 aromatic carbocycles. The summed E-state index contributed by atoms with van der Waals surface area (Å²) in [5.74, 6) is -0.417. The number of rotatable bonds is 2. The molecular formula is C14H8Cl2N4OS. The Kier molecular flexibility index (Phi) is 3.79. The molecule has 0 aliphatic carbocycles. The number of nitrogens with zero attached hydrogens (tertiary/aromatic N) is 2. The molecule has 1 amide bonds. The fourth-order valence-corrected chi connectivity index (χ4v) is 3.25. The molecule has 0 fully saturated rings. The van der Waals surface area contributed by atoms with Crippen LogP contribution in [-0.2, 0) is 0 Å². The van der Waals surface area contributed by atoms with Crippen molar-refractivity contribution >= 4 is 55.8 Å². The summed E-state index contributed by atoms with van der Waals surface area (Å²) >= 11 is 13.3. The van der Waals surface area contributed by atoms with Crippen LogP contribution in [0.25, 0.3) is 10.2 Å². The monoisotopic (exact) mass is 350 g/mol. The number of aryl methyl sites for hydroxylation is 1. The van der Waals surface area contributed by atoms with Crippen molar-refractivity contribution in [3.05, 3.63) is 45.2 Å². The third kappa shape index (κ3) is 2.55. The fourth-order valence-electron chi connectivity index (χ4n) is 1.94. The summed E-state index contributed by atoms with van der Waals surface area (Å²) in [7, 11) is 0. The minimum atomic E-state index is -0.417. The summed E-state index contributed by atoms with van der Waals surface area (Å²) in [6.07, 6.45) is 0. The standard InChI is InChI=1S/C14H8Cl2N4OS/c1-6-10(15)11(16)12(18-6)13(21)20-14-19-8-3-2-7(5-17)4-9(8)22-14/h2-4,18H,1H3,(H,19,20,21). The van der Waals surface area contributed by atoms with Gasteiger partial charge in [0.2, 0.25) is 0 Å². The maximum absolute atomic E-state index is 12.2. The van der Waals surface area contributed by atoms with E-state index < -0.39 is 5.91 Å². The topological polar surface area (TPSA) is 81.6 Å². The maximum Gasteiger partial charge on any atom is 0.275 e. The average Bonchev–Trinajstić information content (AvgIpc) is 3.01. The molecule has 2 heterocycles. The number of nitrogens with one attached hydrogen (secondary N) is 2. The van der Waals surface area contributed by atoms with E-state index in [1.807, 2.05) is 0 Å². The summed E-state index contributed by atoms with van der Waals surface area (Å²) in [6, 6.07) is 7.21. The molecule has 22 heavy (non-hydrogen) atoms. The van der Waals surface area contributed by atoms with Crippen LogP contribution in [0.15, 0.2) is 18.2 Å². The van der Waals surface area contributed by atoms with Crippen molar-refractivity contribution in [2.24, 2.45) is 0 Å². The Balaban J connectivity index is 1.91. The first-order valence-electron chi connectivity index (χ1n) is 6.15. The van der Waals surface area contributed by atoms with E-state index in [0.29, 0.717) is 26.9 Å². The molecule has 0 aliphatic heterocycles. The van der Waals surface area contributed by atoms with E-state index in [0.717, 1.165) is 4.70 Å². The predicted molar refractivity (Wildman–Crippen MR) is 87.8 cm³/mol. The molecule has 0 aliphatic rings. The van der Waals surface area contributed by atoms with Crippen LogP contribution >= 0.6 is 34.5 Å². The van der Waals surface area contributed by atoms with Gasteiger partial charge in [-0.25, -0.2) is 4.98 Å². The van der Waals surface area contributed by atoms with Gasteiger partial charge < -0.3 is 4.98 Å². The summed E-state index contributed by atoms with van der Waals surface area (Å²) in [5, 5.41) is 12.5. The van der Waals surface area contributed by atoms with Gasteiger partial charge in [0.1, 0.15) is 5.69 Å². The molecule has 0 spiro atoms. The number of hydrogen-bond acceptors (Lipinski definition) is 4. The molecule has 0 unspecified atom stereocenters. The highest BCUT2D eigenvalue weighted by atomic mass is 35.5. The van der Waals surface area contributed by atoms with E-state index in [-0.39, 0.29) is 10.7 Å². The molecule has 0 saturated heterocycles. The number of aromatic nitrogens is 2. The van der Waals surface area contributed by atoms with Crippen molar-refractivity contribution in [2.45, 2.75) is 6.92 Å². The quantitative estimate of drug-likeness (QED) is 0.720. The van der Waals surface area contributed by atoms with Crippen LogP contribution in [0.2, 0.25) is 10.0 Å². The molecule has 3 aromatic rings. The van der Waals surface area contributed by atoms with Gasteiger partial charge in [-0.05, 0) is 25.1 Å². The molecule has 2 aromatic heterocycles. The van der Waals surface area contributed by atoms with E-state index in [9.17, 15) is 4.79 Å². The highest BCUT2D eigenvalue weighted by Gasteiger charge is 2.19. The van der Waals surface area contributed by atoms with Gasteiger partial charge in [-0.2, -0.15) is 5.26 Å². The Hall–Kier alpha value is -2.07. The average molecular weight is 351 g/mol. The van der Waals surface area contributed by atoms with Gasteiger partial charge in [-0.1, -0.05) is 34.5 Å². The second-order valence-electron chi connectivity index (χ2n) is 4.52. The van der Waals surface area contributed by atoms with Crippen molar-refractivity contribution in [3.8, 4) is 6.07 Å². The van der Waals surface area contributed by atoms with Crippen LogP contribution in [0, 0.1) is 18.3 Å². The van der Waals surface area contributed by atoms with Crippen LogP contribution < -0.4 is 5.32 Å². The molecule has 3 rings (SSSR count). The summed E-state index contributed by atoms with van der Waals surface area (Å²) in [5.41, 5.74) is 2.08. The first kappa shape index (κ1) is 14.9. The number of aromatic amines is 1. The molecule has 0 atom stereocenters. The maximum atomic E-state index is 12.2. The lowest BCUT2D eigenvalue weighted by molar-refractivity contribution is 0.102. The highest BCUT2D eigenvalue weighted by molar-refractivity contribution is 7.22. The molecule has 0 bridgehead atoms. The smallest absolute Gasteiger partial charge is 0.275 e. The number of thiazole rings is 1. The molecule has 0 saturated carbocycles. The second-order valence-corrected chi connectivity index (χ2v) is 6.31.